The number of rotatable bonds is 4. The molecule has 22 heavy (non-hydrogen) atoms. The maximum atomic E-state index is 12.2. The molecule has 0 heterocycles. The van der Waals surface area contributed by atoms with Crippen molar-refractivity contribution >= 4 is 27.7 Å². The van der Waals surface area contributed by atoms with E-state index < -0.39 is 5.97 Å². The van der Waals surface area contributed by atoms with Gasteiger partial charge in [0.1, 0.15) is 0 Å². The topological polar surface area (TPSA) is 43.4 Å². The van der Waals surface area contributed by atoms with Crippen molar-refractivity contribution in [2.75, 3.05) is 6.61 Å². The van der Waals surface area contributed by atoms with Crippen molar-refractivity contribution in [3.8, 4) is 0 Å². The molecular formula is C18H17BrO3. The molecule has 0 bridgehead atoms. The standard InChI is InChI=1S/C18H17BrO3/c1-11-7-13(3)16(8-12(11)2)17(20)10-22-18(21)14-5-4-6-15(19)9-14/h4-9H,10H2,1-3H3. The summed E-state index contributed by atoms with van der Waals surface area (Å²) in [6.45, 7) is 5.59. The molecule has 0 radical (unpaired) electrons. The summed E-state index contributed by atoms with van der Waals surface area (Å²) in [6.07, 6.45) is 0. The van der Waals surface area contributed by atoms with E-state index in [1.807, 2.05) is 39.0 Å². The molecule has 0 aliphatic rings. The number of hydrogen-bond donors (Lipinski definition) is 0. The largest absolute Gasteiger partial charge is 0.454 e. The van der Waals surface area contributed by atoms with Gasteiger partial charge in [0, 0.05) is 10.0 Å². The normalized spacial score (nSPS) is 10.4. The van der Waals surface area contributed by atoms with Crippen LogP contribution in [-0.4, -0.2) is 18.4 Å². The summed E-state index contributed by atoms with van der Waals surface area (Å²) in [4.78, 5) is 24.2. The van der Waals surface area contributed by atoms with Gasteiger partial charge in [-0.25, -0.2) is 4.79 Å². The van der Waals surface area contributed by atoms with Crippen LogP contribution in [0.3, 0.4) is 0 Å². The van der Waals surface area contributed by atoms with Gasteiger partial charge in [0.05, 0.1) is 5.56 Å². The number of ketones is 1. The second-order valence-corrected chi connectivity index (χ2v) is 6.18. The summed E-state index contributed by atoms with van der Waals surface area (Å²) in [6, 6.07) is 10.7. The maximum absolute atomic E-state index is 12.2. The van der Waals surface area contributed by atoms with Gasteiger partial charge in [-0.2, -0.15) is 0 Å². The van der Waals surface area contributed by atoms with Crippen molar-refractivity contribution in [3.63, 3.8) is 0 Å². The van der Waals surface area contributed by atoms with E-state index in [2.05, 4.69) is 15.9 Å². The smallest absolute Gasteiger partial charge is 0.338 e. The summed E-state index contributed by atoms with van der Waals surface area (Å²) in [5.74, 6) is -0.694. The average Bonchev–Trinajstić information content (AvgIpc) is 2.48. The number of halogens is 1. The molecule has 0 amide bonds. The molecule has 0 aliphatic carbocycles. The van der Waals surface area contributed by atoms with Crippen LogP contribution >= 0.6 is 15.9 Å². The highest BCUT2D eigenvalue weighted by atomic mass is 79.9. The van der Waals surface area contributed by atoms with Crippen molar-refractivity contribution in [2.45, 2.75) is 20.8 Å². The van der Waals surface area contributed by atoms with Crippen molar-refractivity contribution in [1.82, 2.24) is 0 Å². The molecule has 3 nitrogen and oxygen atoms in total. The lowest BCUT2D eigenvalue weighted by Gasteiger charge is -2.09. The highest BCUT2D eigenvalue weighted by Crippen LogP contribution is 2.17. The zero-order chi connectivity index (χ0) is 16.3. The molecule has 0 saturated carbocycles. The molecule has 0 saturated heterocycles. The van der Waals surface area contributed by atoms with Crippen LogP contribution in [0.25, 0.3) is 0 Å². The molecule has 0 atom stereocenters. The van der Waals surface area contributed by atoms with Crippen LogP contribution in [0.5, 0.6) is 0 Å². The predicted molar refractivity (Wildman–Crippen MR) is 89.4 cm³/mol. The van der Waals surface area contributed by atoms with Crippen LogP contribution < -0.4 is 0 Å². The lowest BCUT2D eigenvalue weighted by Crippen LogP contribution is -2.15. The summed E-state index contributed by atoms with van der Waals surface area (Å²) >= 11 is 3.30. The van der Waals surface area contributed by atoms with Crippen molar-refractivity contribution in [3.05, 3.63) is 68.7 Å². The summed E-state index contributed by atoms with van der Waals surface area (Å²) in [7, 11) is 0. The first-order chi connectivity index (χ1) is 10.4. The Bertz CT molecular complexity index is 735. The van der Waals surface area contributed by atoms with Crippen molar-refractivity contribution in [1.29, 1.82) is 0 Å². The van der Waals surface area contributed by atoms with Gasteiger partial charge in [-0.3, -0.25) is 4.79 Å². The van der Waals surface area contributed by atoms with E-state index in [1.165, 1.54) is 0 Å². The molecule has 4 heteroatoms. The van der Waals surface area contributed by atoms with Gasteiger partial charge in [0.2, 0.25) is 5.78 Å². The van der Waals surface area contributed by atoms with Gasteiger partial charge in [-0.1, -0.05) is 28.1 Å². The molecule has 2 aromatic carbocycles. The molecule has 0 aliphatic heterocycles. The van der Waals surface area contributed by atoms with Crippen molar-refractivity contribution in [2.24, 2.45) is 0 Å². The highest BCUT2D eigenvalue weighted by Gasteiger charge is 2.14. The highest BCUT2D eigenvalue weighted by molar-refractivity contribution is 9.10. The molecule has 114 valence electrons. The molecule has 0 spiro atoms. The van der Waals surface area contributed by atoms with E-state index in [9.17, 15) is 9.59 Å². The third kappa shape index (κ3) is 3.83. The Balaban J connectivity index is 2.07. The fourth-order valence-electron chi connectivity index (χ4n) is 2.17. The second-order valence-electron chi connectivity index (χ2n) is 5.26. The average molecular weight is 361 g/mol. The van der Waals surface area contributed by atoms with E-state index in [0.717, 1.165) is 21.2 Å². The van der Waals surface area contributed by atoms with Crippen LogP contribution in [0.2, 0.25) is 0 Å². The molecule has 0 unspecified atom stereocenters. The monoisotopic (exact) mass is 360 g/mol. The summed E-state index contributed by atoms with van der Waals surface area (Å²) in [5, 5.41) is 0. The number of carbonyl (C=O) groups is 2. The lowest BCUT2D eigenvalue weighted by atomic mass is 9.98. The third-order valence-corrected chi connectivity index (χ3v) is 4.03. The van der Waals surface area contributed by atoms with E-state index in [-0.39, 0.29) is 12.4 Å². The molecule has 0 N–H and O–H groups in total. The van der Waals surface area contributed by atoms with E-state index in [1.54, 1.807) is 18.2 Å². The number of hydrogen-bond acceptors (Lipinski definition) is 3. The quantitative estimate of drug-likeness (QED) is 0.598. The number of benzene rings is 2. The van der Waals surface area contributed by atoms with Gasteiger partial charge in [-0.05, 0) is 61.7 Å². The fourth-order valence-corrected chi connectivity index (χ4v) is 2.57. The van der Waals surface area contributed by atoms with Gasteiger partial charge in [0.15, 0.2) is 6.61 Å². The Kier molecular flexibility index (Phi) is 5.14. The minimum Gasteiger partial charge on any atom is -0.454 e. The van der Waals surface area contributed by atoms with Gasteiger partial charge in [-0.15, -0.1) is 0 Å². The molecule has 2 aromatic rings. The Morgan fingerprint density at radius 1 is 1.00 bits per heavy atom. The first kappa shape index (κ1) is 16.4. The Hall–Kier alpha value is -1.94. The zero-order valence-electron chi connectivity index (χ0n) is 12.8. The van der Waals surface area contributed by atoms with Crippen LogP contribution in [0.4, 0.5) is 0 Å². The van der Waals surface area contributed by atoms with Crippen LogP contribution in [0.1, 0.15) is 37.4 Å². The van der Waals surface area contributed by atoms with Gasteiger partial charge >= 0.3 is 5.97 Å². The Morgan fingerprint density at radius 2 is 1.68 bits per heavy atom. The SMILES string of the molecule is Cc1cc(C)c(C(=O)COC(=O)c2cccc(Br)c2)cc1C. The molecule has 0 aromatic heterocycles. The van der Waals surface area contributed by atoms with E-state index in [4.69, 9.17) is 4.74 Å². The first-order valence-electron chi connectivity index (χ1n) is 6.92. The number of aryl methyl sites for hydroxylation is 3. The van der Waals surface area contributed by atoms with Crippen LogP contribution in [-0.2, 0) is 4.74 Å². The predicted octanol–water partition coefficient (Wildman–Crippen LogP) is 4.41. The number of carbonyl (C=O) groups excluding carboxylic acids is 2. The van der Waals surface area contributed by atoms with E-state index in [0.29, 0.717) is 11.1 Å². The Morgan fingerprint density at radius 3 is 2.36 bits per heavy atom. The zero-order valence-corrected chi connectivity index (χ0v) is 14.4. The molecule has 2 rings (SSSR count). The minimum atomic E-state index is -0.504. The van der Waals surface area contributed by atoms with Crippen LogP contribution in [0.15, 0.2) is 40.9 Å². The number of Topliss-reactive ketones (excluding diaryl/α,β-unsaturated/α-hetero) is 1. The third-order valence-electron chi connectivity index (χ3n) is 3.54. The number of ether oxygens (including phenoxy) is 1. The summed E-state index contributed by atoms with van der Waals surface area (Å²) in [5.41, 5.74) is 4.10. The van der Waals surface area contributed by atoms with E-state index >= 15 is 0 Å². The van der Waals surface area contributed by atoms with Gasteiger partial charge in [0.25, 0.3) is 0 Å². The fraction of sp³-hybridized carbons (Fsp3) is 0.222. The maximum Gasteiger partial charge on any atom is 0.338 e. The molecular weight excluding hydrogens is 344 g/mol. The van der Waals surface area contributed by atoms with Crippen LogP contribution in [0, 0.1) is 20.8 Å². The lowest BCUT2D eigenvalue weighted by molar-refractivity contribution is 0.0474. The minimum absolute atomic E-state index is 0.191. The second kappa shape index (κ2) is 6.88. The van der Waals surface area contributed by atoms with Crippen molar-refractivity contribution < 1.29 is 14.3 Å². The number of esters is 1. The summed E-state index contributed by atoms with van der Waals surface area (Å²) < 4.78 is 5.91. The first-order valence-corrected chi connectivity index (χ1v) is 7.71. The Labute approximate surface area is 138 Å². The van der Waals surface area contributed by atoms with Gasteiger partial charge < -0.3 is 4.74 Å². The molecule has 0 fully saturated rings.